The second-order valence-electron chi connectivity index (χ2n) is 9.72. The van der Waals surface area contributed by atoms with Gasteiger partial charge in [-0.05, 0) is 55.4 Å². The minimum Gasteiger partial charge on any atom is -0.444 e. The molecule has 2 amide bonds. The molecule has 2 unspecified atom stereocenters. The highest BCUT2D eigenvalue weighted by atomic mass is 16.6. The van der Waals surface area contributed by atoms with Gasteiger partial charge in [-0.2, -0.15) is 0 Å². The van der Waals surface area contributed by atoms with Gasteiger partial charge in [0, 0.05) is 37.0 Å². The summed E-state index contributed by atoms with van der Waals surface area (Å²) in [6.07, 6.45) is 2.85. The number of hydrogen-bond acceptors (Lipinski definition) is 4. The van der Waals surface area contributed by atoms with E-state index in [1.165, 1.54) is 11.1 Å². The van der Waals surface area contributed by atoms with Crippen LogP contribution in [0.5, 0.6) is 0 Å². The van der Waals surface area contributed by atoms with Crippen molar-refractivity contribution in [2.75, 3.05) is 24.5 Å². The molecule has 6 nitrogen and oxygen atoms in total. The number of hydrogen-bond donors (Lipinski definition) is 0. The minimum atomic E-state index is -0.352. The fraction of sp³-hybridized carbons (Fsp3) is 0.444. The van der Waals surface area contributed by atoms with Crippen molar-refractivity contribution in [3.63, 3.8) is 0 Å². The third kappa shape index (κ3) is 4.39. The van der Waals surface area contributed by atoms with Crippen molar-refractivity contribution < 1.29 is 19.1 Å². The summed E-state index contributed by atoms with van der Waals surface area (Å²) in [6.45, 7) is 3.65. The van der Waals surface area contributed by atoms with E-state index in [2.05, 4.69) is 24.3 Å². The molecule has 1 saturated carbocycles. The molecule has 172 valence electrons. The molecule has 2 heterocycles. The number of anilines is 1. The number of aryl methyl sites for hydroxylation is 1. The lowest BCUT2D eigenvalue weighted by molar-refractivity contribution is -0.130. The van der Waals surface area contributed by atoms with Gasteiger partial charge in [-0.25, -0.2) is 4.79 Å². The molecule has 3 aliphatic rings. The van der Waals surface area contributed by atoms with E-state index in [0.29, 0.717) is 31.7 Å². The molecule has 5 rings (SSSR count). The third-order valence-electron chi connectivity index (χ3n) is 7.42. The number of nitrogens with zero attached hydrogens (tertiary/aromatic N) is 2. The Hall–Kier alpha value is -3.15. The van der Waals surface area contributed by atoms with Crippen LogP contribution in [0.1, 0.15) is 43.7 Å². The quantitative estimate of drug-likeness (QED) is 0.612. The number of fused-ring (bicyclic) bond motifs is 1. The van der Waals surface area contributed by atoms with Crippen LogP contribution in [0.15, 0.2) is 54.6 Å². The molecular formula is C27H30N2O4. The second kappa shape index (κ2) is 8.65. The highest BCUT2D eigenvalue weighted by molar-refractivity contribution is 5.89. The smallest absolute Gasteiger partial charge is 0.414 e. The van der Waals surface area contributed by atoms with Gasteiger partial charge in [0.2, 0.25) is 5.91 Å². The van der Waals surface area contributed by atoms with Crippen molar-refractivity contribution in [3.8, 4) is 0 Å². The van der Waals surface area contributed by atoms with E-state index in [9.17, 15) is 14.4 Å². The molecule has 2 aliphatic heterocycles. The zero-order valence-electron chi connectivity index (χ0n) is 19.0. The van der Waals surface area contributed by atoms with Crippen molar-refractivity contribution in [3.05, 3.63) is 65.7 Å². The first-order valence-electron chi connectivity index (χ1n) is 11.8. The van der Waals surface area contributed by atoms with Gasteiger partial charge in [0.05, 0.1) is 6.54 Å². The molecule has 1 aliphatic carbocycles. The van der Waals surface area contributed by atoms with Gasteiger partial charge < -0.3 is 14.4 Å². The van der Waals surface area contributed by atoms with E-state index >= 15 is 0 Å². The topological polar surface area (TPSA) is 66.9 Å². The van der Waals surface area contributed by atoms with Crippen LogP contribution in [-0.4, -0.2) is 48.4 Å². The van der Waals surface area contributed by atoms with Crippen molar-refractivity contribution >= 4 is 23.5 Å². The van der Waals surface area contributed by atoms with Crippen LogP contribution in [0.2, 0.25) is 0 Å². The highest BCUT2D eigenvalue weighted by Gasteiger charge is 2.61. The Kier molecular flexibility index (Phi) is 5.69. The summed E-state index contributed by atoms with van der Waals surface area (Å²) in [5.74, 6) is 0.867. The predicted octanol–water partition coefficient (Wildman–Crippen LogP) is 4.11. The molecule has 2 aromatic rings. The summed E-state index contributed by atoms with van der Waals surface area (Å²) >= 11 is 0. The molecule has 0 spiro atoms. The van der Waals surface area contributed by atoms with Gasteiger partial charge >= 0.3 is 6.09 Å². The Morgan fingerprint density at radius 2 is 1.79 bits per heavy atom. The van der Waals surface area contributed by atoms with E-state index in [4.69, 9.17) is 4.74 Å². The molecule has 3 fully saturated rings. The van der Waals surface area contributed by atoms with Gasteiger partial charge in [-0.15, -0.1) is 0 Å². The van der Waals surface area contributed by atoms with Gasteiger partial charge in [0.25, 0.3) is 0 Å². The number of piperidine rings is 1. The molecule has 0 bridgehead atoms. The van der Waals surface area contributed by atoms with Crippen LogP contribution in [0.3, 0.4) is 0 Å². The molecule has 0 radical (unpaired) electrons. The molecule has 2 saturated heterocycles. The molecule has 0 N–H and O–H groups in total. The summed E-state index contributed by atoms with van der Waals surface area (Å²) in [6, 6.07) is 18.3. The largest absolute Gasteiger partial charge is 0.444 e. The van der Waals surface area contributed by atoms with Gasteiger partial charge in [-0.1, -0.05) is 42.5 Å². The maximum absolute atomic E-state index is 12.8. The summed E-state index contributed by atoms with van der Waals surface area (Å²) in [5.41, 5.74) is 3.33. The fourth-order valence-corrected chi connectivity index (χ4v) is 5.39. The second-order valence-corrected chi connectivity index (χ2v) is 9.72. The summed E-state index contributed by atoms with van der Waals surface area (Å²) in [7, 11) is 0. The average molecular weight is 447 g/mol. The number of carbonyl (C=O) groups is 3. The molecule has 33 heavy (non-hydrogen) atoms. The Morgan fingerprint density at radius 3 is 2.52 bits per heavy atom. The van der Waals surface area contributed by atoms with E-state index in [-0.39, 0.29) is 29.3 Å². The van der Waals surface area contributed by atoms with Crippen LogP contribution in [0.25, 0.3) is 0 Å². The van der Waals surface area contributed by atoms with Crippen LogP contribution >= 0.6 is 0 Å². The number of cyclic esters (lactones) is 1. The normalized spacial score (nSPS) is 25.7. The van der Waals surface area contributed by atoms with Crippen LogP contribution in [0.4, 0.5) is 10.5 Å². The minimum absolute atomic E-state index is 0.0660. The average Bonchev–Trinajstić information content (AvgIpc) is 3.19. The number of amides is 2. The SMILES string of the molecule is CC(=O)CC[C@H]1CN(c2ccc(C34CC3CN(C(=O)CCc3ccccc3)C4)cc2)C(=O)O1. The number of rotatable bonds is 8. The Balaban J connectivity index is 1.18. The first kappa shape index (κ1) is 21.7. The zero-order valence-corrected chi connectivity index (χ0v) is 19.0. The summed E-state index contributed by atoms with van der Waals surface area (Å²) < 4.78 is 5.42. The number of ketones is 1. The van der Waals surface area contributed by atoms with Crippen LogP contribution < -0.4 is 4.90 Å². The fourth-order valence-electron chi connectivity index (χ4n) is 5.39. The van der Waals surface area contributed by atoms with Gasteiger partial charge in [0.15, 0.2) is 0 Å². The third-order valence-corrected chi connectivity index (χ3v) is 7.42. The van der Waals surface area contributed by atoms with Crippen LogP contribution in [-0.2, 0) is 26.2 Å². The molecule has 6 heteroatoms. The molecule has 0 aromatic heterocycles. The van der Waals surface area contributed by atoms with E-state index in [1.807, 2.05) is 35.2 Å². The summed E-state index contributed by atoms with van der Waals surface area (Å²) in [4.78, 5) is 40.0. The first-order chi connectivity index (χ1) is 15.9. The van der Waals surface area contributed by atoms with Crippen molar-refractivity contribution in [1.29, 1.82) is 0 Å². The van der Waals surface area contributed by atoms with Crippen molar-refractivity contribution in [2.45, 2.75) is 50.5 Å². The Morgan fingerprint density at radius 1 is 1.03 bits per heavy atom. The highest BCUT2D eigenvalue weighted by Crippen LogP contribution is 2.59. The lowest BCUT2D eigenvalue weighted by Crippen LogP contribution is -2.33. The standard InChI is InChI=1S/C27H30N2O4/c1-19(30)7-13-24-17-29(26(32)33-24)23-11-9-21(10-12-23)27-15-22(27)16-28(18-27)25(31)14-8-20-5-3-2-4-6-20/h2-6,9-12,22,24H,7-8,13-18H2,1H3/t22?,24-,27?/m0/s1. The molecular weight excluding hydrogens is 416 g/mol. The Bertz CT molecular complexity index is 1050. The Labute approximate surface area is 194 Å². The van der Waals surface area contributed by atoms with Crippen molar-refractivity contribution in [1.82, 2.24) is 4.90 Å². The summed E-state index contributed by atoms with van der Waals surface area (Å²) in [5, 5.41) is 0. The number of likely N-dealkylation sites (tertiary alicyclic amines) is 1. The molecule has 2 aromatic carbocycles. The maximum Gasteiger partial charge on any atom is 0.414 e. The predicted molar refractivity (Wildman–Crippen MR) is 125 cm³/mol. The lowest BCUT2D eigenvalue weighted by atomic mass is 9.94. The number of ether oxygens (including phenoxy) is 1. The number of benzene rings is 2. The van der Waals surface area contributed by atoms with E-state index in [0.717, 1.165) is 31.6 Å². The van der Waals surface area contributed by atoms with Crippen molar-refractivity contribution in [2.24, 2.45) is 5.92 Å². The zero-order chi connectivity index (χ0) is 23.0. The lowest BCUT2D eigenvalue weighted by Gasteiger charge is -2.22. The monoisotopic (exact) mass is 446 g/mol. The van der Waals surface area contributed by atoms with Gasteiger partial charge in [-0.3, -0.25) is 9.69 Å². The number of Topliss-reactive ketones (excluding diaryl/α,β-unsaturated/α-hetero) is 1. The maximum atomic E-state index is 12.8. The number of carbonyl (C=O) groups excluding carboxylic acids is 3. The molecule has 3 atom stereocenters. The van der Waals surface area contributed by atoms with Crippen LogP contribution in [0, 0.1) is 5.92 Å². The van der Waals surface area contributed by atoms with Gasteiger partial charge in [0.1, 0.15) is 11.9 Å². The van der Waals surface area contributed by atoms with E-state index in [1.54, 1.807) is 11.8 Å². The first-order valence-corrected chi connectivity index (χ1v) is 11.8. The van der Waals surface area contributed by atoms with E-state index < -0.39 is 0 Å².